The van der Waals surface area contributed by atoms with Crippen molar-refractivity contribution in [3.8, 4) is 0 Å². The lowest BCUT2D eigenvalue weighted by Gasteiger charge is -2.16. The minimum Gasteiger partial charge on any atom is -0.381 e. The summed E-state index contributed by atoms with van der Waals surface area (Å²) in [6.45, 7) is 0. The molecule has 0 saturated carbocycles. The number of sulfone groups is 1. The molecule has 17 heavy (non-hydrogen) atoms. The molecule has 1 unspecified atom stereocenters. The number of anilines is 2. The third-order valence-electron chi connectivity index (χ3n) is 2.97. The fraction of sp³-hybridized carbons (Fsp3) is 0.500. The average Bonchev–Trinajstić information content (AvgIpc) is 2.58. The van der Waals surface area contributed by atoms with E-state index >= 15 is 0 Å². The van der Waals surface area contributed by atoms with Crippen LogP contribution in [0, 0.1) is 0 Å². The fourth-order valence-corrected chi connectivity index (χ4v) is 3.69. The molecule has 0 amide bonds. The van der Waals surface area contributed by atoms with Gasteiger partial charge in [-0.3, -0.25) is 0 Å². The van der Waals surface area contributed by atoms with Crippen LogP contribution in [0.5, 0.6) is 0 Å². The molecule has 1 saturated heterocycles. The van der Waals surface area contributed by atoms with Crippen molar-refractivity contribution in [1.29, 1.82) is 0 Å². The summed E-state index contributed by atoms with van der Waals surface area (Å²) in [5.41, 5.74) is 2.09. The van der Waals surface area contributed by atoms with Gasteiger partial charge in [0.15, 0.2) is 9.84 Å². The molecule has 1 aliphatic rings. The van der Waals surface area contributed by atoms with Crippen LogP contribution in [0.3, 0.4) is 0 Å². The third-order valence-corrected chi connectivity index (χ3v) is 4.73. The first-order valence-electron chi connectivity index (χ1n) is 5.71. The number of benzene rings is 1. The van der Waals surface area contributed by atoms with Crippen molar-refractivity contribution in [2.75, 3.05) is 35.8 Å². The summed E-state index contributed by atoms with van der Waals surface area (Å²) in [5.74, 6) is 0.553. The molecule has 0 aliphatic carbocycles. The maximum Gasteiger partial charge on any atom is 0.152 e. The first kappa shape index (κ1) is 12.2. The van der Waals surface area contributed by atoms with Gasteiger partial charge in [0, 0.05) is 31.5 Å². The highest BCUT2D eigenvalue weighted by molar-refractivity contribution is 7.91. The maximum atomic E-state index is 11.4. The van der Waals surface area contributed by atoms with Gasteiger partial charge >= 0.3 is 0 Å². The Bertz CT molecular complexity index is 497. The van der Waals surface area contributed by atoms with Crippen molar-refractivity contribution >= 4 is 21.2 Å². The summed E-state index contributed by atoms with van der Waals surface area (Å²) < 4.78 is 22.7. The van der Waals surface area contributed by atoms with E-state index in [0.717, 1.165) is 11.4 Å². The molecule has 1 aromatic carbocycles. The van der Waals surface area contributed by atoms with Gasteiger partial charge in [-0.15, -0.1) is 0 Å². The van der Waals surface area contributed by atoms with Crippen molar-refractivity contribution in [3.05, 3.63) is 24.3 Å². The Balaban J connectivity index is 2.07. The lowest BCUT2D eigenvalue weighted by molar-refractivity contribution is 0.602. The average molecular weight is 254 g/mol. The molecule has 1 atom stereocenters. The lowest BCUT2D eigenvalue weighted by Crippen LogP contribution is -2.20. The molecular formula is C12H18N2O2S. The third kappa shape index (κ3) is 3.12. The summed E-state index contributed by atoms with van der Waals surface area (Å²) in [6, 6.07) is 8.05. The van der Waals surface area contributed by atoms with Crippen LogP contribution >= 0.6 is 0 Å². The van der Waals surface area contributed by atoms with Crippen LogP contribution in [0.4, 0.5) is 11.4 Å². The predicted octanol–water partition coefficient (Wildman–Crippen LogP) is 1.35. The van der Waals surface area contributed by atoms with E-state index in [1.807, 2.05) is 43.3 Å². The topological polar surface area (TPSA) is 49.4 Å². The smallest absolute Gasteiger partial charge is 0.152 e. The normalized spacial score (nSPS) is 22.4. The first-order valence-corrected chi connectivity index (χ1v) is 7.53. The summed E-state index contributed by atoms with van der Waals surface area (Å²) in [7, 11) is 1.16. The Hall–Kier alpha value is -1.23. The highest BCUT2D eigenvalue weighted by Gasteiger charge is 2.27. The van der Waals surface area contributed by atoms with Crippen LogP contribution in [0.1, 0.15) is 6.42 Å². The van der Waals surface area contributed by atoms with Crippen LogP contribution < -0.4 is 10.2 Å². The van der Waals surface area contributed by atoms with Crippen molar-refractivity contribution in [1.82, 2.24) is 0 Å². The zero-order valence-corrected chi connectivity index (χ0v) is 11.0. The molecule has 0 radical (unpaired) electrons. The van der Waals surface area contributed by atoms with Gasteiger partial charge in [-0.2, -0.15) is 0 Å². The van der Waals surface area contributed by atoms with E-state index in [1.165, 1.54) is 0 Å². The minimum absolute atomic E-state index is 0.0532. The Morgan fingerprint density at radius 1 is 1.35 bits per heavy atom. The molecule has 1 fully saturated rings. The molecule has 1 aliphatic heterocycles. The van der Waals surface area contributed by atoms with Gasteiger partial charge in [-0.05, 0) is 24.6 Å². The molecule has 4 nitrogen and oxygen atoms in total. The second-order valence-corrected chi connectivity index (χ2v) is 6.92. The Morgan fingerprint density at radius 2 is 2.12 bits per heavy atom. The van der Waals surface area contributed by atoms with E-state index in [2.05, 4.69) is 5.32 Å². The van der Waals surface area contributed by atoms with Crippen LogP contribution in [-0.2, 0) is 9.84 Å². The van der Waals surface area contributed by atoms with Crippen molar-refractivity contribution < 1.29 is 8.42 Å². The van der Waals surface area contributed by atoms with E-state index < -0.39 is 9.84 Å². The summed E-state index contributed by atoms with van der Waals surface area (Å²) in [4.78, 5) is 2.02. The van der Waals surface area contributed by atoms with Crippen LogP contribution in [0.2, 0.25) is 0 Å². The van der Waals surface area contributed by atoms with Crippen LogP contribution in [0.15, 0.2) is 24.3 Å². The van der Waals surface area contributed by atoms with Gasteiger partial charge in [0.05, 0.1) is 11.5 Å². The first-order chi connectivity index (χ1) is 7.96. The van der Waals surface area contributed by atoms with Crippen LogP contribution in [-0.4, -0.2) is 40.1 Å². The molecule has 1 N–H and O–H groups in total. The predicted molar refractivity (Wildman–Crippen MR) is 71.5 cm³/mol. The molecule has 94 valence electrons. The zero-order chi connectivity index (χ0) is 12.5. The number of rotatable bonds is 3. The number of hydrogen-bond acceptors (Lipinski definition) is 4. The number of hydrogen-bond donors (Lipinski definition) is 1. The molecule has 1 aromatic rings. The van der Waals surface area contributed by atoms with Crippen molar-refractivity contribution in [2.24, 2.45) is 0 Å². The Morgan fingerprint density at radius 3 is 2.71 bits per heavy atom. The monoisotopic (exact) mass is 254 g/mol. The molecule has 5 heteroatoms. The van der Waals surface area contributed by atoms with Crippen molar-refractivity contribution in [3.63, 3.8) is 0 Å². The highest BCUT2D eigenvalue weighted by atomic mass is 32.2. The second-order valence-electron chi connectivity index (χ2n) is 4.69. The summed E-state index contributed by atoms with van der Waals surface area (Å²) in [6.07, 6.45) is 0.703. The fourth-order valence-electron chi connectivity index (χ4n) is 2.02. The summed E-state index contributed by atoms with van der Waals surface area (Å²) >= 11 is 0. The van der Waals surface area contributed by atoms with E-state index in [9.17, 15) is 8.42 Å². The van der Waals surface area contributed by atoms with Gasteiger partial charge in [-0.1, -0.05) is 6.07 Å². The zero-order valence-electron chi connectivity index (χ0n) is 10.2. The number of nitrogens with one attached hydrogen (secondary N) is 1. The van der Waals surface area contributed by atoms with E-state index in [4.69, 9.17) is 0 Å². The van der Waals surface area contributed by atoms with Gasteiger partial charge < -0.3 is 10.2 Å². The quantitative estimate of drug-likeness (QED) is 0.884. The second kappa shape index (κ2) is 4.56. The van der Waals surface area contributed by atoms with E-state index in [-0.39, 0.29) is 11.8 Å². The molecule has 1 heterocycles. The van der Waals surface area contributed by atoms with Crippen molar-refractivity contribution in [2.45, 2.75) is 12.5 Å². The van der Waals surface area contributed by atoms with Crippen LogP contribution in [0.25, 0.3) is 0 Å². The number of nitrogens with zero attached hydrogens (tertiary/aromatic N) is 1. The van der Waals surface area contributed by atoms with E-state index in [1.54, 1.807) is 0 Å². The van der Waals surface area contributed by atoms with Gasteiger partial charge in [-0.25, -0.2) is 8.42 Å². The SMILES string of the molecule is CN(C)c1cccc(NC2CCS(=O)(=O)C2)c1. The lowest BCUT2D eigenvalue weighted by atomic mass is 10.2. The largest absolute Gasteiger partial charge is 0.381 e. The minimum atomic E-state index is -2.81. The molecular weight excluding hydrogens is 236 g/mol. The Kier molecular flexibility index (Phi) is 3.28. The van der Waals surface area contributed by atoms with Gasteiger partial charge in [0.25, 0.3) is 0 Å². The highest BCUT2D eigenvalue weighted by Crippen LogP contribution is 2.21. The molecule has 0 bridgehead atoms. The summed E-state index contributed by atoms with van der Waals surface area (Å²) in [5, 5.41) is 3.29. The standard InChI is InChI=1S/C12H18N2O2S/c1-14(2)12-5-3-4-10(8-12)13-11-6-7-17(15,16)9-11/h3-5,8,11,13H,6-7,9H2,1-2H3. The maximum absolute atomic E-state index is 11.4. The van der Waals surface area contributed by atoms with E-state index in [0.29, 0.717) is 12.2 Å². The molecule has 2 rings (SSSR count). The molecule has 0 spiro atoms. The van der Waals surface area contributed by atoms with Gasteiger partial charge in [0.1, 0.15) is 0 Å². The molecule has 0 aromatic heterocycles. The van der Waals surface area contributed by atoms with Gasteiger partial charge in [0.2, 0.25) is 0 Å². The Labute approximate surface area is 103 Å².